The van der Waals surface area contributed by atoms with Gasteiger partial charge in [-0.25, -0.2) is 9.78 Å². The SMILES string of the molecule is O=C(NCCCOCC1CCCO1)Nc1ccc(N2CCCC2)nc1. The second-order valence-corrected chi connectivity index (χ2v) is 6.54. The summed E-state index contributed by atoms with van der Waals surface area (Å²) in [6.45, 7) is 4.85. The molecule has 1 atom stereocenters. The summed E-state index contributed by atoms with van der Waals surface area (Å²) in [5, 5.41) is 5.63. The Bertz CT molecular complexity index is 526. The van der Waals surface area contributed by atoms with Gasteiger partial charge in [0.1, 0.15) is 5.82 Å². The van der Waals surface area contributed by atoms with E-state index in [2.05, 4.69) is 20.5 Å². The van der Waals surface area contributed by atoms with Gasteiger partial charge >= 0.3 is 6.03 Å². The second kappa shape index (κ2) is 9.58. The zero-order valence-electron chi connectivity index (χ0n) is 14.7. The monoisotopic (exact) mass is 348 g/mol. The number of carbonyl (C=O) groups is 1. The predicted molar refractivity (Wildman–Crippen MR) is 97.1 cm³/mol. The molecule has 2 aliphatic heterocycles. The van der Waals surface area contributed by atoms with E-state index in [1.54, 1.807) is 6.20 Å². The largest absolute Gasteiger partial charge is 0.379 e. The van der Waals surface area contributed by atoms with E-state index in [0.717, 1.165) is 44.8 Å². The van der Waals surface area contributed by atoms with Crippen molar-refractivity contribution < 1.29 is 14.3 Å². The Kier molecular flexibility index (Phi) is 6.88. The van der Waals surface area contributed by atoms with Crippen molar-refractivity contribution in [2.75, 3.05) is 49.7 Å². The van der Waals surface area contributed by atoms with Crippen molar-refractivity contribution in [3.05, 3.63) is 18.3 Å². The molecular weight excluding hydrogens is 320 g/mol. The summed E-state index contributed by atoms with van der Waals surface area (Å²) in [4.78, 5) is 18.6. The van der Waals surface area contributed by atoms with Crippen LogP contribution in [0.3, 0.4) is 0 Å². The fourth-order valence-corrected chi connectivity index (χ4v) is 3.14. The van der Waals surface area contributed by atoms with Crippen LogP contribution >= 0.6 is 0 Å². The van der Waals surface area contributed by atoms with E-state index < -0.39 is 0 Å². The van der Waals surface area contributed by atoms with Crippen molar-refractivity contribution in [3.8, 4) is 0 Å². The second-order valence-electron chi connectivity index (χ2n) is 6.54. The summed E-state index contributed by atoms with van der Waals surface area (Å²) in [5.41, 5.74) is 0.704. The molecule has 0 bridgehead atoms. The molecule has 2 fully saturated rings. The molecule has 3 heterocycles. The molecule has 3 rings (SSSR count). The molecule has 1 aromatic heterocycles. The molecule has 7 heteroatoms. The van der Waals surface area contributed by atoms with Crippen LogP contribution in [0.1, 0.15) is 32.1 Å². The molecule has 7 nitrogen and oxygen atoms in total. The third-order valence-electron chi connectivity index (χ3n) is 4.51. The predicted octanol–water partition coefficient (Wildman–Crippen LogP) is 2.39. The molecule has 0 aliphatic carbocycles. The number of aromatic nitrogens is 1. The molecule has 0 aromatic carbocycles. The molecule has 1 unspecified atom stereocenters. The van der Waals surface area contributed by atoms with Crippen LogP contribution in [0.4, 0.5) is 16.3 Å². The molecule has 2 saturated heterocycles. The highest BCUT2D eigenvalue weighted by molar-refractivity contribution is 5.89. The van der Waals surface area contributed by atoms with Crippen LogP contribution in [0.25, 0.3) is 0 Å². The highest BCUT2D eigenvalue weighted by Gasteiger charge is 2.15. The van der Waals surface area contributed by atoms with Crippen molar-refractivity contribution in [1.82, 2.24) is 10.3 Å². The summed E-state index contributed by atoms with van der Waals surface area (Å²) in [5.74, 6) is 0.979. The first-order valence-corrected chi connectivity index (χ1v) is 9.26. The van der Waals surface area contributed by atoms with E-state index in [4.69, 9.17) is 9.47 Å². The van der Waals surface area contributed by atoms with Crippen LogP contribution in [0.2, 0.25) is 0 Å². The standard InChI is InChI=1S/C18H28N4O3/c23-18(19-8-4-11-24-14-16-5-3-12-25-16)21-15-6-7-17(20-13-15)22-9-1-2-10-22/h6-7,13,16H,1-5,8-12,14H2,(H2,19,21,23). The number of urea groups is 1. The van der Waals surface area contributed by atoms with E-state index in [9.17, 15) is 4.79 Å². The Morgan fingerprint density at radius 3 is 2.92 bits per heavy atom. The van der Waals surface area contributed by atoms with Crippen molar-refractivity contribution in [1.29, 1.82) is 0 Å². The number of pyridine rings is 1. The first-order chi connectivity index (χ1) is 12.3. The molecule has 2 aliphatic rings. The number of amides is 2. The Hall–Kier alpha value is -1.86. The molecule has 2 amide bonds. The van der Waals surface area contributed by atoms with Gasteiger partial charge < -0.3 is 25.0 Å². The molecule has 0 spiro atoms. The maximum absolute atomic E-state index is 11.9. The van der Waals surface area contributed by atoms with Gasteiger partial charge in [-0.15, -0.1) is 0 Å². The lowest BCUT2D eigenvalue weighted by Gasteiger charge is -2.16. The zero-order valence-corrected chi connectivity index (χ0v) is 14.7. The van der Waals surface area contributed by atoms with Gasteiger partial charge in [0.25, 0.3) is 0 Å². The summed E-state index contributed by atoms with van der Waals surface area (Å²) >= 11 is 0. The molecule has 138 valence electrons. The third-order valence-corrected chi connectivity index (χ3v) is 4.51. The van der Waals surface area contributed by atoms with E-state index in [1.807, 2.05) is 12.1 Å². The quantitative estimate of drug-likeness (QED) is 0.706. The van der Waals surface area contributed by atoms with Gasteiger partial charge in [-0.2, -0.15) is 0 Å². The summed E-state index contributed by atoms with van der Waals surface area (Å²) in [6, 6.07) is 3.64. The lowest BCUT2D eigenvalue weighted by atomic mass is 10.2. The average molecular weight is 348 g/mol. The molecule has 25 heavy (non-hydrogen) atoms. The number of ether oxygens (including phenoxy) is 2. The highest BCUT2D eigenvalue weighted by atomic mass is 16.5. The van der Waals surface area contributed by atoms with Gasteiger partial charge in [-0.05, 0) is 44.2 Å². The van der Waals surface area contributed by atoms with E-state index >= 15 is 0 Å². The van der Waals surface area contributed by atoms with Gasteiger partial charge in [0, 0.05) is 32.8 Å². The van der Waals surface area contributed by atoms with Crippen LogP contribution in [0, 0.1) is 0 Å². The van der Waals surface area contributed by atoms with Crippen LogP contribution in [0.5, 0.6) is 0 Å². The van der Waals surface area contributed by atoms with Crippen LogP contribution in [0.15, 0.2) is 18.3 Å². The van der Waals surface area contributed by atoms with E-state index in [-0.39, 0.29) is 12.1 Å². The molecular formula is C18H28N4O3. The summed E-state index contributed by atoms with van der Waals surface area (Å²) in [6.07, 6.45) is 7.41. The number of hydrogen-bond donors (Lipinski definition) is 2. The fourth-order valence-electron chi connectivity index (χ4n) is 3.14. The van der Waals surface area contributed by atoms with Gasteiger partial charge in [0.05, 0.1) is 24.6 Å². The van der Waals surface area contributed by atoms with Crippen molar-refractivity contribution >= 4 is 17.5 Å². The Morgan fingerprint density at radius 2 is 2.20 bits per heavy atom. The summed E-state index contributed by atoms with van der Waals surface area (Å²) < 4.78 is 11.1. The normalized spacial score (nSPS) is 20.0. The number of nitrogens with zero attached hydrogens (tertiary/aromatic N) is 2. The minimum atomic E-state index is -0.213. The number of nitrogens with one attached hydrogen (secondary N) is 2. The molecule has 0 radical (unpaired) electrons. The fraction of sp³-hybridized carbons (Fsp3) is 0.667. The zero-order chi connectivity index (χ0) is 17.3. The number of carbonyl (C=O) groups excluding carboxylic acids is 1. The average Bonchev–Trinajstić information content (AvgIpc) is 3.32. The number of hydrogen-bond acceptors (Lipinski definition) is 5. The van der Waals surface area contributed by atoms with Gasteiger partial charge in [-0.1, -0.05) is 0 Å². The van der Waals surface area contributed by atoms with Crippen molar-refractivity contribution in [2.24, 2.45) is 0 Å². The van der Waals surface area contributed by atoms with Crippen LogP contribution in [-0.4, -0.2) is 56.6 Å². The smallest absolute Gasteiger partial charge is 0.319 e. The topological polar surface area (TPSA) is 75.7 Å². The maximum Gasteiger partial charge on any atom is 0.319 e. The minimum absolute atomic E-state index is 0.213. The lowest BCUT2D eigenvalue weighted by Crippen LogP contribution is -2.30. The lowest BCUT2D eigenvalue weighted by molar-refractivity contribution is 0.0168. The third kappa shape index (κ3) is 5.86. The Labute approximate surface area is 149 Å². The van der Waals surface area contributed by atoms with Crippen LogP contribution < -0.4 is 15.5 Å². The van der Waals surface area contributed by atoms with Gasteiger partial charge in [-0.3, -0.25) is 0 Å². The highest BCUT2D eigenvalue weighted by Crippen LogP contribution is 2.19. The maximum atomic E-state index is 11.9. The van der Waals surface area contributed by atoms with E-state index in [1.165, 1.54) is 12.8 Å². The first-order valence-electron chi connectivity index (χ1n) is 9.26. The molecule has 0 saturated carbocycles. The molecule has 1 aromatic rings. The first kappa shape index (κ1) is 17.9. The van der Waals surface area contributed by atoms with Gasteiger partial charge in [0.2, 0.25) is 0 Å². The number of rotatable bonds is 8. The van der Waals surface area contributed by atoms with Gasteiger partial charge in [0.15, 0.2) is 0 Å². The minimum Gasteiger partial charge on any atom is -0.379 e. The Balaban J connectivity index is 1.27. The van der Waals surface area contributed by atoms with Crippen molar-refractivity contribution in [3.63, 3.8) is 0 Å². The van der Waals surface area contributed by atoms with E-state index in [0.29, 0.717) is 25.4 Å². The number of anilines is 2. The van der Waals surface area contributed by atoms with Crippen LogP contribution in [-0.2, 0) is 9.47 Å². The Morgan fingerprint density at radius 1 is 1.32 bits per heavy atom. The molecule has 2 N–H and O–H groups in total. The summed E-state index contributed by atoms with van der Waals surface area (Å²) in [7, 11) is 0. The van der Waals surface area contributed by atoms with Crippen molar-refractivity contribution in [2.45, 2.75) is 38.2 Å².